The molecule has 0 atom stereocenters. The van der Waals surface area contributed by atoms with Gasteiger partial charge in [-0.2, -0.15) is 15.0 Å². The number of sulfone groups is 1. The van der Waals surface area contributed by atoms with Crippen LogP contribution in [0.5, 0.6) is 6.01 Å². The van der Waals surface area contributed by atoms with Gasteiger partial charge in [0.1, 0.15) is 9.84 Å². The van der Waals surface area contributed by atoms with Crippen LogP contribution in [0.25, 0.3) is 0 Å². The van der Waals surface area contributed by atoms with Gasteiger partial charge in [-0.25, -0.2) is 8.42 Å². The second-order valence-corrected chi connectivity index (χ2v) is 7.56. The fraction of sp³-hybridized carbons (Fsp3) is 0.750. The van der Waals surface area contributed by atoms with Gasteiger partial charge in [-0.15, -0.1) is 0 Å². The first-order chi connectivity index (χ1) is 9.88. The third-order valence-electron chi connectivity index (χ3n) is 3.07. The quantitative estimate of drug-likeness (QED) is 0.817. The Morgan fingerprint density at radius 2 is 1.76 bits per heavy atom. The van der Waals surface area contributed by atoms with Gasteiger partial charge in [0.25, 0.3) is 0 Å². The van der Waals surface area contributed by atoms with Gasteiger partial charge in [0.2, 0.25) is 11.9 Å². The molecule has 2 rings (SSSR count). The van der Waals surface area contributed by atoms with E-state index in [1.165, 1.54) is 0 Å². The molecular weight excluding hydrogens is 294 g/mol. The van der Waals surface area contributed by atoms with Crippen LogP contribution >= 0.6 is 0 Å². The maximum absolute atomic E-state index is 11.4. The fourth-order valence-electron chi connectivity index (χ4n) is 2.01. The second kappa shape index (κ2) is 6.42. The molecule has 0 spiro atoms. The van der Waals surface area contributed by atoms with Gasteiger partial charge in [-0.05, 0) is 26.7 Å². The van der Waals surface area contributed by atoms with Crippen molar-refractivity contribution in [3.63, 3.8) is 0 Å². The van der Waals surface area contributed by atoms with Crippen LogP contribution in [0.15, 0.2) is 0 Å². The molecule has 9 heteroatoms. The van der Waals surface area contributed by atoms with Crippen molar-refractivity contribution in [2.75, 3.05) is 29.2 Å². The number of aromatic nitrogens is 3. The molecule has 1 aliphatic rings. The highest BCUT2D eigenvalue weighted by Gasteiger charge is 2.24. The molecule has 0 aliphatic carbocycles. The summed E-state index contributed by atoms with van der Waals surface area (Å²) in [6.45, 7) is 3.78. The van der Waals surface area contributed by atoms with Gasteiger partial charge in [0.05, 0.1) is 17.6 Å². The molecule has 8 nitrogen and oxygen atoms in total. The van der Waals surface area contributed by atoms with E-state index in [1.807, 2.05) is 13.8 Å². The van der Waals surface area contributed by atoms with Gasteiger partial charge in [0.15, 0.2) is 0 Å². The van der Waals surface area contributed by atoms with E-state index in [4.69, 9.17) is 4.74 Å². The Bertz CT molecular complexity index is 577. The molecule has 0 amide bonds. The van der Waals surface area contributed by atoms with E-state index in [2.05, 4.69) is 25.6 Å². The molecule has 1 saturated heterocycles. The van der Waals surface area contributed by atoms with Crippen LogP contribution in [0.4, 0.5) is 11.9 Å². The maximum atomic E-state index is 11.4. The first-order valence-corrected chi connectivity index (χ1v) is 8.77. The molecule has 0 aromatic carbocycles. The van der Waals surface area contributed by atoms with Crippen molar-refractivity contribution in [2.24, 2.45) is 0 Å². The molecule has 118 valence electrons. The van der Waals surface area contributed by atoms with E-state index in [0.717, 1.165) is 0 Å². The SMILES string of the molecule is CNc1nc(NC2CCS(=O)(=O)CC2)nc(OC(C)C)n1. The van der Waals surface area contributed by atoms with Gasteiger partial charge < -0.3 is 15.4 Å². The van der Waals surface area contributed by atoms with E-state index in [9.17, 15) is 8.42 Å². The Labute approximate surface area is 124 Å². The average Bonchev–Trinajstić information content (AvgIpc) is 2.40. The van der Waals surface area contributed by atoms with Crippen molar-refractivity contribution in [2.45, 2.75) is 38.8 Å². The van der Waals surface area contributed by atoms with Crippen LogP contribution in [0.3, 0.4) is 0 Å². The van der Waals surface area contributed by atoms with Gasteiger partial charge in [-0.1, -0.05) is 0 Å². The highest BCUT2D eigenvalue weighted by atomic mass is 32.2. The standard InChI is InChI=1S/C12H21N5O3S/c1-8(2)20-12-16-10(13-3)15-11(17-12)14-9-4-6-21(18,19)7-5-9/h8-9H,4-7H2,1-3H3,(H2,13,14,15,16,17). The molecule has 0 bridgehead atoms. The zero-order valence-corrected chi connectivity index (χ0v) is 13.3. The maximum Gasteiger partial charge on any atom is 0.323 e. The molecular formula is C12H21N5O3S. The smallest absolute Gasteiger partial charge is 0.323 e. The van der Waals surface area contributed by atoms with Crippen LogP contribution in [0.2, 0.25) is 0 Å². The van der Waals surface area contributed by atoms with Crippen LogP contribution in [0, 0.1) is 0 Å². The van der Waals surface area contributed by atoms with Crippen LogP contribution in [-0.4, -0.2) is 54.1 Å². The van der Waals surface area contributed by atoms with Crippen molar-refractivity contribution in [3.8, 4) is 6.01 Å². The summed E-state index contributed by atoms with van der Waals surface area (Å²) in [6, 6.07) is 0.294. The van der Waals surface area contributed by atoms with E-state index >= 15 is 0 Å². The highest BCUT2D eigenvalue weighted by Crippen LogP contribution is 2.18. The lowest BCUT2D eigenvalue weighted by atomic mass is 10.2. The van der Waals surface area contributed by atoms with Crippen LogP contribution in [0.1, 0.15) is 26.7 Å². The summed E-state index contributed by atoms with van der Waals surface area (Å²) in [4.78, 5) is 12.5. The first kappa shape index (κ1) is 15.7. The number of nitrogens with zero attached hydrogens (tertiary/aromatic N) is 3. The number of rotatable bonds is 5. The molecule has 1 aliphatic heterocycles. The van der Waals surface area contributed by atoms with Gasteiger partial charge in [0, 0.05) is 13.1 Å². The molecule has 0 radical (unpaired) electrons. The predicted molar refractivity (Wildman–Crippen MR) is 80.4 cm³/mol. The predicted octanol–water partition coefficient (Wildman–Crippen LogP) is 0.690. The molecule has 0 saturated carbocycles. The number of hydrogen-bond donors (Lipinski definition) is 2. The monoisotopic (exact) mass is 315 g/mol. The van der Waals surface area contributed by atoms with Crippen molar-refractivity contribution < 1.29 is 13.2 Å². The van der Waals surface area contributed by atoms with Crippen molar-refractivity contribution >= 4 is 21.7 Å². The third kappa shape index (κ3) is 4.69. The van der Waals surface area contributed by atoms with E-state index in [1.54, 1.807) is 7.05 Å². The molecule has 21 heavy (non-hydrogen) atoms. The molecule has 1 fully saturated rings. The topological polar surface area (TPSA) is 106 Å². The Kier molecular flexibility index (Phi) is 4.81. The molecule has 1 aromatic heterocycles. The molecule has 2 heterocycles. The summed E-state index contributed by atoms with van der Waals surface area (Å²) in [7, 11) is -1.16. The Hall–Kier alpha value is -1.64. The summed E-state index contributed by atoms with van der Waals surface area (Å²) in [5, 5.41) is 6.01. The zero-order valence-electron chi connectivity index (χ0n) is 12.5. The summed E-state index contributed by atoms with van der Waals surface area (Å²) in [5.41, 5.74) is 0. The summed E-state index contributed by atoms with van der Waals surface area (Å²) in [6.07, 6.45) is 1.08. The minimum absolute atomic E-state index is 0.0372. The van der Waals surface area contributed by atoms with E-state index in [-0.39, 0.29) is 29.7 Å². The molecule has 2 N–H and O–H groups in total. The summed E-state index contributed by atoms with van der Waals surface area (Å²) >= 11 is 0. The second-order valence-electron chi connectivity index (χ2n) is 5.25. The third-order valence-corrected chi connectivity index (χ3v) is 4.78. The number of hydrogen-bond acceptors (Lipinski definition) is 8. The van der Waals surface area contributed by atoms with E-state index in [0.29, 0.717) is 24.7 Å². The minimum Gasteiger partial charge on any atom is -0.461 e. The Balaban J connectivity index is 2.08. The normalized spacial score (nSPS) is 18.5. The zero-order chi connectivity index (χ0) is 15.5. The number of ether oxygens (including phenoxy) is 1. The number of anilines is 2. The van der Waals surface area contributed by atoms with Crippen LogP contribution in [-0.2, 0) is 9.84 Å². The van der Waals surface area contributed by atoms with Crippen molar-refractivity contribution in [3.05, 3.63) is 0 Å². The summed E-state index contributed by atoms with van der Waals surface area (Å²) in [5.74, 6) is 1.20. The lowest BCUT2D eigenvalue weighted by molar-refractivity contribution is 0.222. The van der Waals surface area contributed by atoms with Gasteiger partial charge >= 0.3 is 6.01 Å². The van der Waals surface area contributed by atoms with Crippen molar-refractivity contribution in [1.29, 1.82) is 0 Å². The number of nitrogens with one attached hydrogen (secondary N) is 2. The minimum atomic E-state index is -2.88. The van der Waals surface area contributed by atoms with Crippen molar-refractivity contribution in [1.82, 2.24) is 15.0 Å². The fourth-order valence-corrected chi connectivity index (χ4v) is 3.50. The van der Waals surface area contributed by atoms with Crippen LogP contribution < -0.4 is 15.4 Å². The summed E-state index contributed by atoms with van der Waals surface area (Å²) < 4.78 is 28.3. The lowest BCUT2D eigenvalue weighted by Gasteiger charge is -2.23. The largest absolute Gasteiger partial charge is 0.461 e. The lowest BCUT2D eigenvalue weighted by Crippen LogP contribution is -2.32. The molecule has 1 aromatic rings. The molecule has 0 unspecified atom stereocenters. The Morgan fingerprint density at radius 1 is 1.14 bits per heavy atom. The average molecular weight is 315 g/mol. The Morgan fingerprint density at radius 3 is 2.33 bits per heavy atom. The first-order valence-electron chi connectivity index (χ1n) is 6.95. The van der Waals surface area contributed by atoms with E-state index < -0.39 is 9.84 Å². The van der Waals surface area contributed by atoms with Gasteiger partial charge in [-0.3, -0.25) is 0 Å². The highest BCUT2D eigenvalue weighted by molar-refractivity contribution is 7.91.